The van der Waals surface area contributed by atoms with Crippen LogP contribution in [0.4, 0.5) is 0 Å². The number of hydrogen-bond donors (Lipinski definition) is 0. The lowest BCUT2D eigenvalue weighted by atomic mass is 10.1. The molecule has 0 atom stereocenters. The maximum Gasteiger partial charge on any atom is 0.179 e. The lowest BCUT2D eigenvalue weighted by Gasteiger charge is -2.01. The van der Waals surface area contributed by atoms with Crippen LogP contribution in [-0.2, 0) is 6.42 Å². The summed E-state index contributed by atoms with van der Waals surface area (Å²) in [5.74, 6) is -0.0475. The first kappa shape index (κ1) is 11.4. The number of hydrogen-bond acceptors (Lipinski definition) is 3. The van der Waals surface area contributed by atoms with Crippen LogP contribution in [0.15, 0.2) is 39.9 Å². The molecule has 2 rings (SSSR count). The van der Waals surface area contributed by atoms with Gasteiger partial charge in [0.1, 0.15) is 0 Å². The number of carbonyl (C=O) groups is 1. The van der Waals surface area contributed by atoms with Crippen LogP contribution in [-0.4, -0.2) is 10.8 Å². The fraction of sp³-hybridized carbons (Fsp3) is 0.0909. The Morgan fingerprint density at radius 3 is 2.94 bits per heavy atom. The molecular weight excluding hydrogens is 293 g/mol. The molecule has 0 fully saturated rings. The van der Waals surface area contributed by atoms with Crippen molar-refractivity contribution in [2.24, 2.45) is 0 Å². The third kappa shape index (κ3) is 2.33. The zero-order chi connectivity index (χ0) is 11.5. The molecule has 0 N–H and O–H groups in total. The first-order valence-electron chi connectivity index (χ1n) is 4.53. The molecule has 16 heavy (non-hydrogen) atoms. The molecule has 0 aliphatic carbocycles. The monoisotopic (exact) mass is 299 g/mol. The number of carbonyl (C=O) groups excluding carboxylic acids is 1. The van der Waals surface area contributed by atoms with Gasteiger partial charge in [0.25, 0.3) is 0 Å². The quantitative estimate of drug-likeness (QED) is 0.815. The summed E-state index contributed by atoms with van der Waals surface area (Å²) >= 11 is 9.09. The van der Waals surface area contributed by atoms with Gasteiger partial charge in [-0.1, -0.05) is 11.6 Å². The molecule has 0 spiro atoms. The van der Waals surface area contributed by atoms with Gasteiger partial charge in [0.15, 0.2) is 10.5 Å². The van der Waals surface area contributed by atoms with Gasteiger partial charge < -0.3 is 4.42 Å². The number of halogens is 2. The average molecular weight is 301 g/mol. The Balaban J connectivity index is 2.21. The molecule has 2 heterocycles. The van der Waals surface area contributed by atoms with Crippen molar-refractivity contribution in [2.45, 2.75) is 6.42 Å². The molecule has 3 nitrogen and oxygen atoms in total. The Morgan fingerprint density at radius 1 is 1.50 bits per heavy atom. The first-order chi connectivity index (χ1) is 7.68. The van der Waals surface area contributed by atoms with Gasteiger partial charge in [-0.05, 0) is 33.6 Å². The minimum atomic E-state index is -0.0475. The van der Waals surface area contributed by atoms with E-state index < -0.39 is 0 Å². The summed E-state index contributed by atoms with van der Waals surface area (Å²) in [4.78, 5) is 15.7. The molecule has 82 valence electrons. The summed E-state index contributed by atoms with van der Waals surface area (Å²) in [7, 11) is 0. The van der Waals surface area contributed by atoms with E-state index in [0.29, 0.717) is 15.3 Å². The van der Waals surface area contributed by atoms with E-state index in [0.717, 1.165) is 5.56 Å². The molecule has 0 aromatic carbocycles. The van der Waals surface area contributed by atoms with Gasteiger partial charge >= 0.3 is 0 Å². The van der Waals surface area contributed by atoms with Crippen molar-refractivity contribution < 1.29 is 9.21 Å². The predicted molar refractivity (Wildman–Crippen MR) is 63.7 cm³/mol. The van der Waals surface area contributed by atoms with Crippen LogP contribution in [0, 0.1) is 0 Å². The van der Waals surface area contributed by atoms with E-state index in [-0.39, 0.29) is 12.2 Å². The maximum atomic E-state index is 11.9. The van der Waals surface area contributed by atoms with E-state index in [2.05, 4.69) is 20.9 Å². The second-order valence-corrected chi connectivity index (χ2v) is 4.30. The Kier molecular flexibility index (Phi) is 3.41. The van der Waals surface area contributed by atoms with Crippen molar-refractivity contribution in [1.29, 1.82) is 0 Å². The third-order valence-electron chi connectivity index (χ3n) is 2.13. The molecule has 0 unspecified atom stereocenters. The van der Waals surface area contributed by atoms with Gasteiger partial charge in [0.05, 0.1) is 16.8 Å². The maximum absolute atomic E-state index is 11.9. The SMILES string of the molecule is O=C(Cc1ccncc1Cl)c1ccoc1Br. The van der Waals surface area contributed by atoms with Crippen LogP contribution < -0.4 is 0 Å². The fourth-order valence-electron chi connectivity index (χ4n) is 1.31. The highest BCUT2D eigenvalue weighted by atomic mass is 79.9. The molecule has 0 amide bonds. The molecule has 5 heteroatoms. The minimum absolute atomic E-state index is 0.0475. The van der Waals surface area contributed by atoms with Crippen LogP contribution in [0.25, 0.3) is 0 Å². The van der Waals surface area contributed by atoms with E-state index in [1.165, 1.54) is 12.5 Å². The Hall–Kier alpha value is -1.13. The summed E-state index contributed by atoms with van der Waals surface area (Å²) in [5, 5.41) is 0.496. The fourth-order valence-corrected chi connectivity index (χ4v) is 1.96. The molecule has 0 aliphatic rings. The van der Waals surface area contributed by atoms with Gasteiger partial charge in [-0.25, -0.2) is 0 Å². The smallest absolute Gasteiger partial charge is 0.179 e. The highest BCUT2D eigenvalue weighted by molar-refractivity contribution is 9.10. The molecule has 0 bridgehead atoms. The van der Waals surface area contributed by atoms with Gasteiger partial charge in [-0.3, -0.25) is 9.78 Å². The summed E-state index contributed by atoms with van der Waals surface area (Å²) in [5.41, 5.74) is 1.28. The Bertz CT molecular complexity index is 524. The zero-order valence-electron chi connectivity index (χ0n) is 8.11. The van der Waals surface area contributed by atoms with Crippen molar-refractivity contribution in [3.05, 3.63) is 51.6 Å². The molecule has 0 saturated heterocycles. The topological polar surface area (TPSA) is 43.1 Å². The highest BCUT2D eigenvalue weighted by Crippen LogP contribution is 2.21. The minimum Gasteiger partial charge on any atom is -0.457 e. The molecule has 2 aromatic heterocycles. The van der Waals surface area contributed by atoms with Crippen molar-refractivity contribution >= 4 is 33.3 Å². The summed E-state index contributed by atoms with van der Waals surface area (Å²) in [6, 6.07) is 3.36. The van der Waals surface area contributed by atoms with E-state index in [1.54, 1.807) is 18.3 Å². The van der Waals surface area contributed by atoms with E-state index in [9.17, 15) is 4.79 Å². The van der Waals surface area contributed by atoms with Crippen molar-refractivity contribution in [1.82, 2.24) is 4.98 Å². The number of furan rings is 1. The van der Waals surface area contributed by atoms with Crippen LogP contribution in [0.3, 0.4) is 0 Å². The van der Waals surface area contributed by atoms with E-state index in [4.69, 9.17) is 16.0 Å². The van der Waals surface area contributed by atoms with E-state index >= 15 is 0 Å². The van der Waals surface area contributed by atoms with Crippen LogP contribution in [0.1, 0.15) is 15.9 Å². The van der Waals surface area contributed by atoms with Crippen LogP contribution >= 0.6 is 27.5 Å². The van der Waals surface area contributed by atoms with Gasteiger partial charge in [-0.15, -0.1) is 0 Å². The summed E-state index contributed by atoms with van der Waals surface area (Å²) in [6.45, 7) is 0. The predicted octanol–water partition coefficient (Wildman–Crippen LogP) is 3.52. The third-order valence-corrected chi connectivity index (χ3v) is 3.08. The lowest BCUT2D eigenvalue weighted by molar-refractivity contribution is 0.0991. The lowest BCUT2D eigenvalue weighted by Crippen LogP contribution is -2.03. The summed E-state index contributed by atoms with van der Waals surface area (Å²) < 4.78 is 5.45. The second kappa shape index (κ2) is 4.80. The van der Waals surface area contributed by atoms with Crippen molar-refractivity contribution in [2.75, 3.05) is 0 Å². The molecule has 0 aliphatic heterocycles. The molecule has 0 saturated carbocycles. The highest BCUT2D eigenvalue weighted by Gasteiger charge is 2.14. The first-order valence-corrected chi connectivity index (χ1v) is 5.70. The number of nitrogens with zero attached hydrogens (tertiary/aromatic N) is 1. The second-order valence-electron chi connectivity index (χ2n) is 3.18. The zero-order valence-corrected chi connectivity index (χ0v) is 10.5. The van der Waals surface area contributed by atoms with Crippen molar-refractivity contribution in [3.63, 3.8) is 0 Å². The van der Waals surface area contributed by atoms with Gasteiger partial charge in [-0.2, -0.15) is 0 Å². The van der Waals surface area contributed by atoms with Gasteiger partial charge in [0.2, 0.25) is 0 Å². The Morgan fingerprint density at radius 2 is 2.31 bits per heavy atom. The molecular formula is C11H7BrClNO2. The average Bonchev–Trinajstić information content (AvgIpc) is 2.68. The van der Waals surface area contributed by atoms with E-state index in [1.807, 2.05) is 0 Å². The number of aromatic nitrogens is 1. The van der Waals surface area contributed by atoms with Crippen LogP contribution in [0.5, 0.6) is 0 Å². The Labute approximate surface area is 106 Å². The van der Waals surface area contributed by atoms with Crippen LogP contribution in [0.2, 0.25) is 5.02 Å². The number of ketones is 1. The normalized spacial score (nSPS) is 10.4. The molecule has 0 radical (unpaired) electrons. The molecule has 2 aromatic rings. The number of pyridine rings is 1. The number of rotatable bonds is 3. The standard InChI is InChI=1S/C11H7BrClNO2/c12-11-8(2-4-16-11)10(15)5-7-1-3-14-6-9(7)13/h1-4,6H,5H2. The largest absolute Gasteiger partial charge is 0.457 e. The van der Waals surface area contributed by atoms with Gasteiger partial charge in [0, 0.05) is 18.8 Å². The van der Waals surface area contributed by atoms with Crippen molar-refractivity contribution in [3.8, 4) is 0 Å². The summed E-state index contributed by atoms with van der Waals surface area (Å²) in [6.07, 6.45) is 4.83. The number of Topliss-reactive ketones (excluding diaryl/α,β-unsaturated/α-hetero) is 1.